The highest BCUT2D eigenvalue weighted by molar-refractivity contribution is 9.10. The fourth-order valence-electron chi connectivity index (χ4n) is 1.36. The molecule has 0 aromatic carbocycles. The van der Waals surface area contributed by atoms with Crippen LogP contribution < -0.4 is 5.32 Å². The van der Waals surface area contributed by atoms with Crippen LogP contribution in [-0.4, -0.2) is 14.8 Å². The summed E-state index contributed by atoms with van der Waals surface area (Å²) in [5, 5.41) is 7.51. The third-order valence-corrected chi connectivity index (χ3v) is 2.43. The lowest BCUT2D eigenvalue weighted by atomic mass is 10.3. The SMILES string of the molecule is Cc1nn(C)cc1Nc1cncc(Br)c1. The van der Waals surface area contributed by atoms with Gasteiger partial charge in [-0.15, -0.1) is 0 Å². The summed E-state index contributed by atoms with van der Waals surface area (Å²) in [5.74, 6) is 0. The monoisotopic (exact) mass is 266 g/mol. The first-order chi connectivity index (χ1) is 7.15. The molecule has 2 heterocycles. The van der Waals surface area contributed by atoms with E-state index in [4.69, 9.17) is 0 Å². The van der Waals surface area contributed by atoms with Crippen molar-refractivity contribution >= 4 is 27.3 Å². The Morgan fingerprint density at radius 2 is 2.20 bits per heavy atom. The Morgan fingerprint density at radius 3 is 2.80 bits per heavy atom. The van der Waals surface area contributed by atoms with Crippen LogP contribution in [0.4, 0.5) is 11.4 Å². The first-order valence-corrected chi connectivity index (χ1v) is 5.32. The van der Waals surface area contributed by atoms with Gasteiger partial charge in [0.1, 0.15) is 0 Å². The molecule has 0 fully saturated rings. The minimum atomic E-state index is 0.945. The number of hydrogen-bond acceptors (Lipinski definition) is 3. The molecule has 1 N–H and O–H groups in total. The molecule has 0 aliphatic heterocycles. The lowest BCUT2D eigenvalue weighted by Crippen LogP contribution is -1.91. The summed E-state index contributed by atoms with van der Waals surface area (Å²) in [5.41, 5.74) is 2.91. The summed E-state index contributed by atoms with van der Waals surface area (Å²) in [6.07, 6.45) is 5.47. The van der Waals surface area contributed by atoms with Gasteiger partial charge in [0.15, 0.2) is 0 Å². The second-order valence-electron chi connectivity index (χ2n) is 3.32. The quantitative estimate of drug-likeness (QED) is 0.909. The lowest BCUT2D eigenvalue weighted by molar-refractivity contribution is 0.756. The number of nitrogens with zero attached hydrogens (tertiary/aromatic N) is 3. The van der Waals surface area contributed by atoms with E-state index >= 15 is 0 Å². The summed E-state index contributed by atoms with van der Waals surface area (Å²) in [6.45, 7) is 1.97. The summed E-state index contributed by atoms with van der Waals surface area (Å²) in [6, 6.07) is 1.97. The van der Waals surface area contributed by atoms with Gasteiger partial charge in [-0.05, 0) is 28.9 Å². The van der Waals surface area contributed by atoms with Gasteiger partial charge in [-0.2, -0.15) is 5.10 Å². The van der Waals surface area contributed by atoms with Crippen molar-refractivity contribution in [2.24, 2.45) is 7.05 Å². The predicted octanol–water partition coefficient (Wildman–Crippen LogP) is 2.63. The van der Waals surface area contributed by atoms with E-state index in [1.807, 2.05) is 26.2 Å². The first-order valence-electron chi connectivity index (χ1n) is 4.53. The van der Waals surface area contributed by atoms with Gasteiger partial charge in [-0.1, -0.05) is 0 Å². The molecule has 0 atom stereocenters. The van der Waals surface area contributed by atoms with Crippen molar-refractivity contribution in [2.75, 3.05) is 5.32 Å². The van der Waals surface area contributed by atoms with Crippen molar-refractivity contribution in [3.8, 4) is 0 Å². The number of hydrogen-bond donors (Lipinski definition) is 1. The molecule has 0 aliphatic carbocycles. The molecule has 0 radical (unpaired) electrons. The Balaban J connectivity index is 2.25. The first kappa shape index (κ1) is 10.2. The normalized spacial score (nSPS) is 10.3. The molecule has 0 saturated carbocycles. The Bertz CT molecular complexity index is 478. The Labute approximate surface area is 96.5 Å². The summed E-state index contributed by atoms with van der Waals surface area (Å²) in [4.78, 5) is 4.08. The molecule has 2 aromatic rings. The molecule has 0 unspecified atom stereocenters. The van der Waals surface area contributed by atoms with E-state index in [-0.39, 0.29) is 0 Å². The van der Waals surface area contributed by atoms with Crippen molar-refractivity contribution in [3.05, 3.63) is 34.8 Å². The molecule has 0 aliphatic rings. The molecule has 0 saturated heterocycles. The number of nitrogens with one attached hydrogen (secondary N) is 1. The van der Waals surface area contributed by atoms with E-state index in [1.54, 1.807) is 17.1 Å². The average molecular weight is 267 g/mol. The Hall–Kier alpha value is -1.36. The second-order valence-corrected chi connectivity index (χ2v) is 4.23. The minimum Gasteiger partial charge on any atom is -0.351 e. The van der Waals surface area contributed by atoms with Gasteiger partial charge in [0.2, 0.25) is 0 Å². The zero-order valence-corrected chi connectivity index (χ0v) is 10.1. The Kier molecular flexibility index (Phi) is 2.73. The number of anilines is 2. The van der Waals surface area contributed by atoms with Crippen LogP contribution in [0.5, 0.6) is 0 Å². The molecule has 5 heteroatoms. The Morgan fingerprint density at radius 1 is 1.40 bits per heavy atom. The summed E-state index contributed by atoms with van der Waals surface area (Å²) in [7, 11) is 1.90. The minimum absolute atomic E-state index is 0.945. The van der Waals surface area contributed by atoms with Gasteiger partial charge in [-0.3, -0.25) is 9.67 Å². The van der Waals surface area contributed by atoms with E-state index in [1.165, 1.54) is 0 Å². The molecular formula is C10H11BrN4. The molecule has 0 amide bonds. The third-order valence-electron chi connectivity index (χ3n) is 2.00. The molecule has 4 nitrogen and oxygen atoms in total. The topological polar surface area (TPSA) is 42.7 Å². The highest BCUT2D eigenvalue weighted by Crippen LogP contribution is 2.20. The number of aromatic nitrogens is 3. The third kappa shape index (κ3) is 2.36. The maximum atomic E-state index is 4.25. The fraction of sp³-hybridized carbons (Fsp3) is 0.200. The largest absolute Gasteiger partial charge is 0.351 e. The van der Waals surface area contributed by atoms with Crippen LogP contribution in [0, 0.1) is 6.92 Å². The van der Waals surface area contributed by atoms with Gasteiger partial charge < -0.3 is 5.32 Å². The number of aryl methyl sites for hydroxylation is 2. The second kappa shape index (κ2) is 4.02. The zero-order chi connectivity index (χ0) is 10.8. The number of halogens is 1. The fourth-order valence-corrected chi connectivity index (χ4v) is 1.72. The molecule has 0 bridgehead atoms. The summed E-state index contributed by atoms with van der Waals surface area (Å²) < 4.78 is 2.73. The van der Waals surface area contributed by atoms with Crippen molar-refractivity contribution in [1.29, 1.82) is 0 Å². The predicted molar refractivity (Wildman–Crippen MR) is 63.2 cm³/mol. The zero-order valence-electron chi connectivity index (χ0n) is 8.53. The van der Waals surface area contributed by atoms with E-state index in [9.17, 15) is 0 Å². The maximum Gasteiger partial charge on any atom is 0.0828 e. The van der Waals surface area contributed by atoms with Crippen molar-refractivity contribution in [3.63, 3.8) is 0 Å². The number of rotatable bonds is 2. The standard InChI is InChI=1S/C10H11BrN4/c1-7-10(6-15(2)14-7)13-9-3-8(11)4-12-5-9/h3-6,13H,1-2H3. The van der Waals surface area contributed by atoms with Crippen LogP contribution in [0.25, 0.3) is 0 Å². The van der Waals surface area contributed by atoms with Crippen LogP contribution >= 0.6 is 15.9 Å². The average Bonchev–Trinajstić information content (AvgIpc) is 2.45. The van der Waals surface area contributed by atoms with Gasteiger partial charge in [0, 0.05) is 23.9 Å². The molecule has 2 aromatic heterocycles. The van der Waals surface area contributed by atoms with E-state index in [2.05, 4.69) is 31.3 Å². The lowest BCUT2D eigenvalue weighted by Gasteiger charge is -2.03. The molecule has 2 rings (SSSR count). The van der Waals surface area contributed by atoms with Gasteiger partial charge >= 0.3 is 0 Å². The van der Waals surface area contributed by atoms with E-state index < -0.39 is 0 Å². The van der Waals surface area contributed by atoms with Gasteiger partial charge in [0.25, 0.3) is 0 Å². The highest BCUT2D eigenvalue weighted by atomic mass is 79.9. The van der Waals surface area contributed by atoms with Crippen LogP contribution in [-0.2, 0) is 7.05 Å². The molecule has 15 heavy (non-hydrogen) atoms. The highest BCUT2D eigenvalue weighted by Gasteiger charge is 2.03. The van der Waals surface area contributed by atoms with Crippen LogP contribution in [0.3, 0.4) is 0 Å². The van der Waals surface area contributed by atoms with E-state index in [0.29, 0.717) is 0 Å². The van der Waals surface area contributed by atoms with Crippen LogP contribution in [0.1, 0.15) is 5.69 Å². The molecule has 0 spiro atoms. The molecular weight excluding hydrogens is 256 g/mol. The van der Waals surface area contributed by atoms with Crippen molar-refractivity contribution in [1.82, 2.24) is 14.8 Å². The van der Waals surface area contributed by atoms with Gasteiger partial charge in [0.05, 0.1) is 23.3 Å². The van der Waals surface area contributed by atoms with Crippen molar-refractivity contribution in [2.45, 2.75) is 6.92 Å². The maximum absolute atomic E-state index is 4.25. The smallest absolute Gasteiger partial charge is 0.0828 e. The molecule has 78 valence electrons. The number of pyridine rings is 1. The van der Waals surface area contributed by atoms with Crippen LogP contribution in [0.15, 0.2) is 29.1 Å². The van der Waals surface area contributed by atoms with Gasteiger partial charge in [-0.25, -0.2) is 0 Å². The van der Waals surface area contributed by atoms with Crippen LogP contribution in [0.2, 0.25) is 0 Å². The summed E-state index contributed by atoms with van der Waals surface area (Å²) >= 11 is 3.38. The van der Waals surface area contributed by atoms with E-state index in [0.717, 1.165) is 21.5 Å². The van der Waals surface area contributed by atoms with Crippen molar-refractivity contribution < 1.29 is 0 Å².